The Morgan fingerprint density at radius 3 is 1.49 bits per heavy atom. The van der Waals surface area contributed by atoms with Gasteiger partial charge in [-0.05, 0) is 0 Å². The van der Waals surface area contributed by atoms with Gasteiger partial charge in [-0.25, -0.2) is 0 Å². The Bertz CT molecular complexity index is 1460. The van der Waals surface area contributed by atoms with Crippen LogP contribution in [0.5, 0.6) is 0 Å². The molecule has 0 aliphatic rings. The van der Waals surface area contributed by atoms with E-state index in [2.05, 4.69) is 47.4 Å². The number of esters is 2. The molecule has 0 amide bonds. The van der Waals surface area contributed by atoms with Crippen molar-refractivity contribution in [1.29, 1.82) is 0 Å². The van der Waals surface area contributed by atoms with E-state index in [1.807, 2.05) is 62.4 Å². The summed E-state index contributed by atoms with van der Waals surface area (Å²) in [7, 11) is 0. The van der Waals surface area contributed by atoms with Gasteiger partial charge in [0.2, 0.25) is 0 Å². The number of benzene rings is 2. The summed E-state index contributed by atoms with van der Waals surface area (Å²) in [4.78, 5) is 22.3. The summed E-state index contributed by atoms with van der Waals surface area (Å²) in [5.41, 5.74) is 5.43. The molecule has 2 aromatic carbocycles. The summed E-state index contributed by atoms with van der Waals surface area (Å²) >= 11 is -0.264. The number of carbonyl (C=O) groups excluding carboxylic acids is 2. The van der Waals surface area contributed by atoms with Gasteiger partial charge >= 0.3 is 225 Å². The molecule has 0 aliphatic carbocycles. The normalized spacial score (nSPS) is 9.19. The molecule has 0 atom stereocenters. The third kappa shape index (κ3) is 8.97. The average molecular weight is 552 g/mol. The summed E-state index contributed by atoms with van der Waals surface area (Å²) in [5.74, 6) is 24.3. The Labute approximate surface area is 224 Å². The van der Waals surface area contributed by atoms with E-state index in [0.717, 1.165) is 31.1 Å². The Hall–Kier alpha value is -4.38. The van der Waals surface area contributed by atoms with Gasteiger partial charge in [0.1, 0.15) is 0 Å². The SMILES string of the molecule is CC(=O)OCC#Cc1[se]c(C#CCOC(C)=O)c(C#Cc2cccc(C)c2)c1C#Cc1cccc(C)c1. The molecular formula is C32H24O4Se. The Morgan fingerprint density at radius 2 is 1.11 bits per heavy atom. The van der Waals surface area contributed by atoms with Crippen LogP contribution in [0.2, 0.25) is 0 Å². The molecule has 0 N–H and O–H groups in total. The van der Waals surface area contributed by atoms with E-state index >= 15 is 0 Å². The predicted molar refractivity (Wildman–Crippen MR) is 145 cm³/mol. The Morgan fingerprint density at radius 1 is 0.676 bits per heavy atom. The van der Waals surface area contributed by atoms with E-state index in [4.69, 9.17) is 9.47 Å². The number of hydrogen-bond donors (Lipinski definition) is 0. The van der Waals surface area contributed by atoms with Gasteiger partial charge in [0, 0.05) is 0 Å². The van der Waals surface area contributed by atoms with Crippen LogP contribution in [0.3, 0.4) is 0 Å². The topological polar surface area (TPSA) is 52.6 Å². The van der Waals surface area contributed by atoms with Gasteiger partial charge in [0.25, 0.3) is 0 Å². The van der Waals surface area contributed by atoms with Crippen LogP contribution in [0.4, 0.5) is 0 Å². The number of carbonyl (C=O) groups is 2. The fourth-order valence-electron chi connectivity index (χ4n) is 3.07. The maximum absolute atomic E-state index is 11.1. The van der Waals surface area contributed by atoms with E-state index in [-0.39, 0.29) is 39.7 Å². The second-order valence-corrected chi connectivity index (χ2v) is 10.1. The Kier molecular flexibility index (Phi) is 10.0. The summed E-state index contributed by atoms with van der Waals surface area (Å²) in [6, 6.07) is 15.9. The number of rotatable bonds is 2. The van der Waals surface area contributed by atoms with Crippen LogP contribution >= 0.6 is 0 Å². The maximum atomic E-state index is 11.1. The van der Waals surface area contributed by atoms with Gasteiger partial charge in [0.05, 0.1) is 0 Å². The van der Waals surface area contributed by atoms with Crippen LogP contribution in [0.1, 0.15) is 56.1 Å². The third-order valence-corrected chi connectivity index (χ3v) is 6.85. The molecule has 0 saturated heterocycles. The molecule has 0 aliphatic heterocycles. The molecule has 0 radical (unpaired) electrons. The first-order valence-corrected chi connectivity index (χ1v) is 13.1. The molecule has 4 nitrogen and oxygen atoms in total. The van der Waals surface area contributed by atoms with Crippen molar-refractivity contribution in [3.8, 4) is 47.4 Å². The van der Waals surface area contributed by atoms with E-state index in [9.17, 15) is 9.59 Å². The standard InChI is InChI=1S/C32H24O4Se/c1-23-9-5-11-27(21-23)15-17-29-30(18-16-28-12-6-10-24(2)22-28)32(14-8-20-36-26(4)34)37-31(29)13-7-19-35-25(3)33/h5-6,9-12,21-22H,19-20H2,1-4H3. The zero-order valence-electron chi connectivity index (χ0n) is 21.1. The van der Waals surface area contributed by atoms with E-state index in [1.54, 1.807) is 0 Å². The Balaban J connectivity index is 2.16. The van der Waals surface area contributed by atoms with E-state index in [1.165, 1.54) is 13.8 Å². The number of hydrogen-bond acceptors (Lipinski definition) is 4. The molecule has 1 heterocycles. The van der Waals surface area contributed by atoms with Crippen LogP contribution in [-0.2, 0) is 19.1 Å². The first-order valence-electron chi connectivity index (χ1n) is 11.4. The van der Waals surface area contributed by atoms with Crippen LogP contribution in [0.15, 0.2) is 48.5 Å². The molecule has 3 rings (SSSR count). The second kappa shape index (κ2) is 13.6. The minimum absolute atomic E-state index is 0.00866. The van der Waals surface area contributed by atoms with Crippen molar-refractivity contribution in [2.75, 3.05) is 13.2 Å². The van der Waals surface area contributed by atoms with Crippen molar-refractivity contribution >= 4 is 26.4 Å². The molecule has 3 aromatic rings. The second-order valence-electron chi connectivity index (χ2n) is 7.91. The third-order valence-electron chi connectivity index (χ3n) is 4.71. The first kappa shape index (κ1) is 27.2. The van der Waals surface area contributed by atoms with Crippen molar-refractivity contribution in [2.24, 2.45) is 0 Å². The summed E-state index contributed by atoms with van der Waals surface area (Å²) in [5, 5.41) is 0. The first-order chi connectivity index (χ1) is 17.8. The summed E-state index contributed by atoms with van der Waals surface area (Å²) < 4.78 is 11.6. The van der Waals surface area contributed by atoms with Gasteiger partial charge in [-0.1, -0.05) is 0 Å². The molecule has 5 heteroatoms. The van der Waals surface area contributed by atoms with E-state index in [0.29, 0.717) is 11.1 Å². The monoisotopic (exact) mass is 552 g/mol. The van der Waals surface area contributed by atoms with Crippen molar-refractivity contribution < 1.29 is 19.1 Å². The molecule has 0 saturated carbocycles. The van der Waals surface area contributed by atoms with Crippen molar-refractivity contribution in [2.45, 2.75) is 27.7 Å². The van der Waals surface area contributed by atoms with Gasteiger partial charge < -0.3 is 0 Å². The summed E-state index contributed by atoms with van der Waals surface area (Å²) in [6.07, 6.45) is 0. The van der Waals surface area contributed by atoms with Crippen LogP contribution in [-0.4, -0.2) is 39.7 Å². The zero-order chi connectivity index (χ0) is 26.6. The molecule has 0 spiro atoms. The van der Waals surface area contributed by atoms with Crippen molar-refractivity contribution in [3.05, 3.63) is 90.8 Å². The van der Waals surface area contributed by atoms with Crippen molar-refractivity contribution in [3.63, 3.8) is 0 Å². The molecule has 37 heavy (non-hydrogen) atoms. The molecule has 182 valence electrons. The predicted octanol–water partition coefficient (Wildman–Crippen LogP) is 3.99. The average Bonchev–Trinajstić information content (AvgIpc) is 3.18. The fourth-order valence-corrected chi connectivity index (χ4v) is 5.08. The molecule has 0 unspecified atom stereocenters. The van der Waals surface area contributed by atoms with Crippen LogP contribution < -0.4 is 0 Å². The fraction of sp³-hybridized carbons (Fsp3) is 0.188. The van der Waals surface area contributed by atoms with E-state index < -0.39 is 0 Å². The zero-order valence-corrected chi connectivity index (χ0v) is 22.8. The van der Waals surface area contributed by atoms with Gasteiger partial charge in [-0.15, -0.1) is 0 Å². The van der Waals surface area contributed by atoms with Gasteiger partial charge in [-0.3, -0.25) is 0 Å². The molecule has 1 aromatic heterocycles. The summed E-state index contributed by atoms with van der Waals surface area (Å²) in [6.45, 7) is 6.71. The molecular weight excluding hydrogens is 527 g/mol. The minimum atomic E-state index is -0.389. The number of aryl methyl sites for hydroxylation is 2. The quantitative estimate of drug-likeness (QED) is 0.275. The number of ether oxygens (including phenoxy) is 2. The van der Waals surface area contributed by atoms with Gasteiger partial charge in [-0.2, -0.15) is 0 Å². The van der Waals surface area contributed by atoms with Crippen LogP contribution in [0.25, 0.3) is 0 Å². The van der Waals surface area contributed by atoms with Crippen molar-refractivity contribution in [1.82, 2.24) is 0 Å². The van der Waals surface area contributed by atoms with Gasteiger partial charge in [0.15, 0.2) is 0 Å². The molecule has 0 bridgehead atoms. The molecule has 0 fully saturated rings. The van der Waals surface area contributed by atoms with Crippen LogP contribution in [0, 0.1) is 61.2 Å².